The van der Waals surface area contributed by atoms with Gasteiger partial charge in [-0.2, -0.15) is 13.2 Å². The highest BCUT2D eigenvalue weighted by atomic mass is 35.5. The number of benzene rings is 2. The molecule has 0 aromatic heterocycles. The number of fused-ring (bicyclic) bond motifs is 3. The molecule has 4 aliphatic rings. The molecule has 2 aromatic carbocycles. The monoisotopic (exact) mass is 768 g/mol. The first-order valence-corrected chi connectivity index (χ1v) is 20.6. The Bertz CT molecular complexity index is 1690. The molecule has 1 amide bonds. The minimum atomic E-state index is -4.25. The van der Waals surface area contributed by atoms with Gasteiger partial charge in [0.1, 0.15) is 12.4 Å². The number of nitrogens with one attached hydrogen (secondary N) is 1. The topological polar surface area (TPSA) is 102 Å². The van der Waals surface area contributed by atoms with Gasteiger partial charge in [0.25, 0.3) is 5.91 Å². The summed E-state index contributed by atoms with van der Waals surface area (Å²) in [5.41, 5.74) is 1.97. The highest BCUT2D eigenvalue weighted by molar-refractivity contribution is 7.90. The van der Waals surface area contributed by atoms with Gasteiger partial charge < -0.3 is 14.7 Å². The maximum absolute atomic E-state index is 13.5. The van der Waals surface area contributed by atoms with Crippen LogP contribution in [0, 0.1) is 17.8 Å². The maximum atomic E-state index is 13.5. The van der Waals surface area contributed by atoms with Crippen molar-refractivity contribution in [3.05, 3.63) is 58.1 Å². The lowest BCUT2D eigenvalue weighted by molar-refractivity contribution is -0.152. The van der Waals surface area contributed by atoms with E-state index in [2.05, 4.69) is 14.5 Å². The van der Waals surface area contributed by atoms with Gasteiger partial charge in [-0.25, -0.2) is 13.1 Å². The van der Waals surface area contributed by atoms with Crippen molar-refractivity contribution in [3.8, 4) is 5.75 Å². The maximum Gasteiger partial charge on any atom is 0.401 e. The van der Waals surface area contributed by atoms with E-state index in [1.165, 1.54) is 4.90 Å². The van der Waals surface area contributed by atoms with Crippen molar-refractivity contribution in [2.75, 3.05) is 57.3 Å². The molecular formula is C38H52ClF3N4O5S. The van der Waals surface area contributed by atoms with Gasteiger partial charge >= 0.3 is 6.18 Å². The Balaban J connectivity index is 1.32. The third-order valence-corrected chi connectivity index (χ3v) is 14.1. The molecule has 2 fully saturated rings. The summed E-state index contributed by atoms with van der Waals surface area (Å²) in [7, 11) is -4.02. The Morgan fingerprint density at radius 1 is 0.962 bits per heavy atom. The smallest absolute Gasteiger partial charge is 0.401 e. The highest BCUT2D eigenvalue weighted by Gasteiger charge is 2.48. The average molecular weight is 769 g/mol. The van der Waals surface area contributed by atoms with Crippen LogP contribution in [0.3, 0.4) is 0 Å². The van der Waals surface area contributed by atoms with Crippen LogP contribution in [0.2, 0.25) is 5.02 Å². The van der Waals surface area contributed by atoms with E-state index in [1.54, 1.807) is 25.1 Å². The largest absolute Gasteiger partial charge is 0.487 e. The van der Waals surface area contributed by atoms with Gasteiger partial charge in [0.15, 0.2) is 0 Å². The molecule has 3 heterocycles. The number of sulfonamides is 1. The number of piperazine rings is 1. The summed E-state index contributed by atoms with van der Waals surface area (Å²) in [6, 6.07) is 10.9. The second kappa shape index (κ2) is 16.0. The van der Waals surface area contributed by atoms with Gasteiger partial charge in [0.05, 0.1) is 23.1 Å². The van der Waals surface area contributed by atoms with E-state index in [-0.39, 0.29) is 36.4 Å². The number of carbonyl (C=O) groups excluding carboxylic acids is 1. The van der Waals surface area contributed by atoms with Gasteiger partial charge in [-0.3, -0.25) is 14.6 Å². The van der Waals surface area contributed by atoms with Crippen LogP contribution in [0.25, 0.3) is 0 Å². The quantitative estimate of drug-likeness (QED) is 0.377. The zero-order valence-corrected chi connectivity index (χ0v) is 31.7. The van der Waals surface area contributed by atoms with Gasteiger partial charge in [-0.05, 0) is 111 Å². The lowest BCUT2D eigenvalue weighted by Gasteiger charge is -2.51. The van der Waals surface area contributed by atoms with E-state index < -0.39 is 39.5 Å². The van der Waals surface area contributed by atoms with Crippen molar-refractivity contribution in [1.29, 1.82) is 0 Å². The van der Waals surface area contributed by atoms with Crippen molar-refractivity contribution in [3.63, 3.8) is 0 Å². The molecule has 1 saturated heterocycles. The SMILES string of the molecule is C[C@@H]1[C@@H](C)CCC[C@](O)(CN2CCN(CC(F)(F)F)CC2)[C@@H]2CC[C@H]2CN2CCCCc3cc(Cl)ccc3COc3ccc(cc32)C(=O)NS1(=O)=O. The highest BCUT2D eigenvalue weighted by Crippen LogP contribution is 2.46. The van der Waals surface area contributed by atoms with E-state index in [0.717, 1.165) is 43.2 Å². The summed E-state index contributed by atoms with van der Waals surface area (Å²) in [6.45, 7) is 5.89. The number of aryl methyl sites for hydroxylation is 1. The van der Waals surface area contributed by atoms with Crippen molar-refractivity contribution >= 4 is 33.2 Å². The number of nitrogens with zero attached hydrogens (tertiary/aromatic N) is 3. The summed E-state index contributed by atoms with van der Waals surface area (Å²) < 4.78 is 75.0. The number of halogens is 4. The Morgan fingerprint density at radius 3 is 2.42 bits per heavy atom. The number of carbonyl (C=O) groups is 1. The van der Waals surface area contributed by atoms with Gasteiger partial charge in [0.2, 0.25) is 10.0 Å². The Hall–Kier alpha value is -2.58. The molecule has 3 aliphatic heterocycles. The molecule has 1 saturated carbocycles. The molecule has 52 heavy (non-hydrogen) atoms. The number of alkyl halides is 3. The fraction of sp³-hybridized carbons (Fsp3) is 0.658. The van der Waals surface area contributed by atoms with Crippen LogP contribution >= 0.6 is 11.6 Å². The predicted octanol–water partition coefficient (Wildman–Crippen LogP) is 6.27. The number of hydrogen-bond donors (Lipinski definition) is 2. The Morgan fingerprint density at radius 2 is 1.71 bits per heavy atom. The Labute approximate surface area is 310 Å². The molecule has 2 aromatic rings. The zero-order valence-electron chi connectivity index (χ0n) is 30.1. The van der Waals surface area contributed by atoms with Crippen LogP contribution in [-0.2, 0) is 23.1 Å². The van der Waals surface area contributed by atoms with Crippen LogP contribution in [-0.4, -0.2) is 98.6 Å². The minimum Gasteiger partial charge on any atom is -0.487 e. The molecule has 5 atom stereocenters. The fourth-order valence-electron chi connectivity index (χ4n) is 8.54. The van der Waals surface area contributed by atoms with Crippen LogP contribution in [0.15, 0.2) is 36.4 Å². The predicted molar refractivity (Wildman–Crippen MR) is 196 cm³/mol. The second-order valence-electron chi connectivity index (χ2n) is 15.6. The number of hydrogen-bond acceptors (Lipinski definition) is 8. The van der Waals surface area contributed by atoms with Crippen molar-refractivity contribution in [2.24, 2.45) is 17.8 Å². The summed E-state index contributed by atoms with van der Waals surface area (Å²) >= 11 is 6.35. The van der Waals surface area contributed by atoms with Crippen molar-refractivity contribution in [2.45, 2.75) is 88.8 Å². The normalized spacial score (nSPS) is 29.8. The molecule has 9 nitrogen and oxygen atoms in total. The third kappa shape index (κ3) is 9.37. The average Bonchev–Trinajstić information content (AvgIpc) is 3.09. The van der Waals surface area contributed by atoms with E-state index in [9.17, 15) is 31.5 Å². The first kappa shape index (κ1) is 39.1. The van der Waals surface area contributed by atoms with E-state index in [1.807, 2.05) is 25.1 Å². The molecule has 0 spiro atoms. The number of aliphatic hydroxyl groups is 1. The molecule has 2 N–H and O–H groups in total. The molecule has 0 radical (unpaired) electrons. The summed E-state index contributed by atoms with van der Waals surface area (Å²) in [5.74, 6) is -0.319. The Kier molecular flexibility index (Phi) is 12.1. The van der Waals surface area contributed by atoms with Crippen LogP contribution in [0.4, 0.5) is 18.9 Å². The standard InChI is InChI=1S/C38H52ClF3N4O5S/c1-26-6-5-14-37(48,24-44-16-18-45(19-17-44)25-38(40,41)42)33-12-9-30(33)22-46-15-4-3-7-28-20-32(39)11-8-31(28)23-51-35-13-10-29(21-34(35)46)36(47)43-52(49,50)27(26)2/h8,10-11,13,20-21,26-27,30,33,48H,3-7,9,12,14-19,22-25H2,1-2H3,(H,43,47)/t26-,27+,30-,33+,37-/m0/s1. The van der Waals surface area contributed by atoms with E-state index >= 15 is 0 Å². The lowest BCUT2D eigenvalue weighted by Crippen LogP contribution is -2.59. The van der Waals surface area contributed by atoms with Crippen LogP contribution in [0.1, 0.15) is 80.3 Å². The van der Waals surface area contributed by atoms with Crippen molar-refractivity contribution < 1.29 is 36.2 Å². The van der Waals surface area contributed by atoms with Gasteiger partial charge in [0, 0.05) is 56.4 Å². The summed E-state index contributed by atoms with van der Waals surface area (Å²) in [4.78, 5) is 19.3. The first-order chi connectivity index (χ1) is 24.6. The first-order valence-electron chi connectivity index (χ1n) is 18.7. The second-order valence-corrected chi connectivity index (χ2v) is 18.0. The summed E-state index contributed by atoms with van der Waals surface area (Å²) in [6.07, 6.45) is 1.61. The zero-order chi connectivity index (χ0) is 37.3. The van der Waals surface area contributed by atoms with Gasteiger partial charge in [-0.15, -0.1) is 0 Å². The number of rotatable bonds is 3. The minimum absolute atomic E-state index is 0.0505. The number of ether oxygens (including phenoxy) is 1. The molecule has 14 heteroatoms. The van der Waals surface area contributed by atoms with Crippen molar-refractivity contribution in [1.82, 2.24) is 14.5 Å². The van der Waals surface area contributed by atoms with E-state index in [0.29, 0.717) is 75.1 Å². The molecule has 6 rings (SSSR count). The lowest BCUT2D eigenvalue weighted by atomic mass is 9.62. The molecular weight excluding hydrogens is 717 g/mol. The number of amides is 1. The van der Waals surface area contributed by atoms with Gasteiger partial charge in [-0.1, -0.05) is 31.0 Å². The number of β-amino-alcohol motifs (C(OH)–C–C–N with tert-alkyl or cyclic N) is 1. The third-order valence-electron chi connectivity index (χ3n) is 12.0. The molecule has 0 unspecified atom stereocenters. The molecule has 288 valence electrons. The summed E-state index contributed by atoms with van der Waals surface area (Å²) in [5, 5.41) is 12.4. The van der Waals surface area contributed by atoms with Crippen LogP contribution in [0.5, 0.6) is 5.75 Å². The number of anilines is 1. The van der Waals surface area contributed by atoms with Crippen LogP contribution < -0.4 is 14.4 Å². The molecule has 2 bridgehead atoms. The van der Waals surface area contributed by atoms with E-state index in [4.69, 9.17) is 16.3 Å². The molecule has 1 aliphatic carbocycles. The fourth-order valence-corrected chi connectivity index (χ4v) is 10.0.